The molecule has 6 nitrogen and oxygen atoms in total. The first kappa shape index (κ1) is 16.4. The summed E-state index contributed by atoms with van der Waals surface area (Å²) >= 11 is 0. The fourth-order valence-electron chi connectivity index (χ4n) is 3.17. The third-order valence-electron chi connectivity index (χ3n) is 4.02. The van der Waals surface area contributed by atoms with Crippen LogP contribution in [0.3, 0.4) is 0 Å². The number of nitrogens with zero attached hydrogens (tertiary/aromatic N) is 2. The molecular formula is C16H23N3O3. The second-order valence-corrected chi connectivity index (χ2v) is 6.44. The normalized spacial score (nSPS) is 22.3. The lowest BCUT2D eigenvalue weighted by atomic mass is 9.92. The molecule has 1 fully saturated rings. The lowest BCUT2D eigenvalue weighted by Crippen LogP contribution is -2.42. The number of non-ortho nitro benzene ring substituents is 1. The van der Waals surface area contributed by atoms with Gasteiger partial charge in [0.2, 0.25) is 5.91 Å². The van der Waals surface area contributed by atoms with E-state index in [1.54, 1.807) is 6.07 Å². The van der Waals surface area contributed by atoms with Crippen LogP contribution in [-0.4, -0.2) is 35.4 Å². The van der Waals surface area contributed by atoms with Crippen molar-refractivity contribution in [1.29, 1.82) is 0 Å². The van der Waals surface area contributed by atoms with Gasteiger partial charge in [0.05, 0.1) is 17.2 Å². The van der Waals surface area contributed by atoms with Gasteiger partial charge in [0.25, 0.3) is 5.69 Å². The minimum absolute atomic E-state index is 0.0129. The number of likely N-dealkylation sites (tertiary alicyclic amines) is 1. The molecule has 1 aromatic rings. The second-order valence-electron chi connectivity index (χ2n) is 6.44. The molecule has 1 N–H and O–H groups in total. The summed E-state index contributed by atoms with van der Waals surface area (Å²) in [5.41, 5.74) is 1.32. The Kier molecular flexibility index (Phi) is 5.13. The molecule has 1 heterocycles. The number of nitrogens with one attached hydrogen (secondary N) is 1. The van der Waals surface area contributed by atoms with E-state index in [4.69, 9.17) is 0 Å². The summed E-state index contributed by atoms with van der Waals surface area (Å²) in [4.78, 5) is 24.7. The first-order valence-electron chi connectivity index (χ1n) is 7.62. The predicted octanol–water partition coefficient (Wildman–Crippen LogP) is 2.82. The molecule has 1 aliphatic rings. The number of amides is 1. The second kappa shape index (κ2) is 6.87. The summed E-state index contributed by atoms with van der Waals surface area (Å²) in [5.74, 6) is 1.07. The lowest BCUT2D eigenvalue weighted by Gasteiger charge is -2.34. The predicted molar refractivity (Wildman–Crippen MR) is 85.8 cm³/mol. The fraction of sp³-hybridized carbons (Fsp3) is 0.562. The summed E-state index contributed by atoms with van der Waals surface area (Å²) in [6.45, 7) is 8.40. The third-order valence-corrected chi connectivity index (χ3v) is 4.02. The van der Waals surface area contributed by atoms with Gasteiger partial charge in [0.15, 0.2) is 0 Å². The topological polar surface area (TPSA) is 75.5 Å². The number of piperidine rings is 1. The van der Waals surface area contributed by atoms with Gasteiger partial charge in [-0.05, 0) is 30.7 Å². The van der Waals surface area contributed by atoms with E-state index in [9.17, 15) is 14.9 Å². The molecule has 2 rings (SSSR count). The van der Waals surface area contributed by atoms with E-state index in [2.05, 4.69) is 24.1 Å². The summed E-state index contributed by atoms with van der Waals surface area (Å²) in [6, 6.07) is 4.51. The van der Waals surface area contributed by atoms with E-state index < -0.39 is 4.92 Å². The monoisotopic (exact) mass is 305 g/mol. The Morgan fingerprint density at radius 2 is 2.00 bits per heavy atom. The maximum absolute atomic E-state index is 12.2. The molecule has 1 aliphatic heterocycles. The van der Waals surface area contributed by atoms with Crippen molar-refractivity contribution in [3.63, 3.8) is 0 Å². The fourth-order valence-corrected chi connectivity index (χ4v) is 3.17. The number of hydrogen-bond donors (Lipinski definition) is 1. The first-order chi connectivity index (χ1) is 10.3. The molecule has 22 heavy (non-hydrogen) atoms. The Hall–Kier alpha value is -1.95. The van der Waals surface area contributed by atoms with Crippen molar-refractivity contribution in [3.05, 3.63) is 33.9 Å². The number of nitro groups is 1. The minimum Gasteiger partial charge on any atom is -0.324 e. The maximum atomic E-state index is 12.2. The first-order valence-corrected chi connectivity index (χ1v) is 7.62. The molecule has 0 aliphatic carbocycles. The van der Waals surface area contributed by atoms with Crippen LogP contribution in [-0.2, 0) is 4.79 Å². The standard InChI is InChI=1S/C16H23N3O3/c1-11-6-12(2)9-18(8-11)10-16(20)17-15-7-14(19(21)22)5-4-13(15)3/h4-5,7,11-12H,6,8-10H2,1-3H3,(H,17,20)/t11-,12-/m0/s1. The lowest BCUT2D eigenvalue weighted by molar-refractivity contribution is -0.384. The number of carbonyl (C=O) groups excluding carboxylic acids is 1. The third kappa shape index (κ3) is 4.27. The van der Waals surface area contributed by atoms with Gasteiger partial charge >= 0.3 is 0 Å². The molecule has 2 atom stereocenters. The van der Waals surface area contributed by atoms with E-state index >= 15 is 0 Å². The quantitative estimate of drug-likeness (QED) is 0.685. The zero-order valence-electron chi connectivity index (χ0n) is 13.3. The van der Waals surface area contributed by atoms with Gasteiger partial charge < -0.3 is 5.32 Å². The minimum atomic E-state index is -0.455. The van der Waals surface area contributed by atoms with Gasteiger partial charge in [-0.3, -0.25) is 19.8 Å². The Morgan fingerprint density at radius 3 is 2.59 bits per heavy atom. The zero-order valence-corrected chi connectivity index (χ0v) is 13.3. The van der Waals surface area contributed by atoms with Gasteiger partial charge in [-0.25, -0.2) is 0 Å². The van der Waals surface area contributed by atoms with Crippen LogP contribution in [0.4, 0.5) is 11.4 Å². The number of nitro benzene ring substituents is 1. The number of aryl methyl sites for hydroxylation is 1. The molecule has 1 amide bonds. The molecule has 0 radical (unpaired) electrons. The van der Waals surface area contributed by atoms with E-state index in [0.717, 1.165) is 18.7 Å². The van der Waals surface area contributed by atoms with Crippen LogP contribution in [0.1, 0.15) is 25.8 Å². The van der Waals surface area contributed by atoms with Gasteiger partial charge in [-0.1, -0.05) is 19.9 Å². The highest BCUT2D eigenvalue weighted by molar-refractivity contribution is 5.93. The van der Waals surface area contributed by atoms with Crippen molar-refractivity contribution in [2.75, 3.05) is 25.0 Å². The van der Waals surface area contributed by atoms with E-state index in [1.165, 1.54) is 18.6 Å². The average Bonchev–Trinajstić information content (AvgIpc) is 2.39. The molecule has 0 unspecified atom stereocenters. The summed E-state index contributed by atoms with van der Waals surface area (Å²) in [6.07, 6.45) is 1.20. The highest BCUT2D eigenvalue weighted by atomic mass is 16.6. The van der Waals surface area contributed by atoms with Crippen LogP contribution in [0, 0.1) is 28.9 Å². The molecular weight excluding hydrogens is 282 g/mol. The van der Waals surface area contributed by atoms with Crippen LogP contribution < -0.4 is 5.32 Å². The summed E-state index contributed by atoms with van der Waals surface area (Å²) in [5, 5.41) is 13.6. The van der Waals surface area contributed by atoms with Crippen molar-refractivity contribution in [1.82, 2.24) is 4.90 Å². The van der Waals surface area contributed by atoms with Crippen LogP contribution in [0.25, 0.3) is 0 Å². The molecule has 6 heteroatoms. The Labute approximate surface area is 130 Å². The van der Waals surface area contributed by atoms with Crippen molar-refractivity contribution in [2.24, 2.45) is 11.8 Å². The van der Waals surface area contributed by atoms with Crippen molar-refractivity contribution in [2.45, 2.75) is 27.2 Å². The number of benzene rings is 1. The van der Waals surface area contributed by atoms with Crippen LogP contribution in [0.2, 0.25) is 0 Å². The van der Waals surface area contributed by atoms with Crippen molar-refractivity contribution < 1.29 is 9.72 Å². The van der Waals surface area contributed by atoms with E-state index in [1.807, 2.05) is 6.92 Å². The smallest absolute Gasteiger partial charge is 0.271 e. The highest BCUT2D eigenvalue weighted by Gasteiger charge is 2.23. The average molecular weight is 305 g/mol. The van der Waals surface area contributed by atoms with Gasteiger partial charge in [-0.2, -0.15) is 0 Å². The van der Waals surface area contributed by atoms with Crippen molar-refractivity contribution in [3.8, 4) is 0 Å². The molecule has 1 aromatic carbocycles. The van der Waals surface area contributed by atoms with Crippen molar-refractivity contribution >= 4 is 17.3 Å². The molecule has 0 saturated carbocycles. The Balaban J connectivity index is 2.00. The van der Waals surface area contributed by atoms with Crippen LogP contribution in [0.5, 0.6) is 0 Å². The molecule has 120 valence electrons. The van der Waals surface area contributed by atoms with E-state index in [-0.39, 0.29) is 11.6 Å². The number of anilines is 1. The summed E-state index contributed by atoms with van der Waals surface area (Å²) in [7, 11) is 0. The molecule has 0 aromatic heterocycles. The Bertz CT molecular complexity index is 564. The van der Waals surface area contributed by atoms with Crippen LogP contribution >= 0.6 is 0 Å². The van der Waals surface area contributed by atoms with Gasteiger partial charge in [-0.15, -0.1) is 0 Å². The molecule has 1 saturated heterocycles. The maximum Gasteiger partial charge on any atom is 0.271 e. The number of carbonyl (C=O) groups is 1. The van der Waals surface area contributed by atoms with Crippen LogP contribution in [0.15, 0.2) is 18.2 Å². The Morgan fingerprint density at radius 1 is 1.36 bits per heavy atom. The highest BCUT2D eigenvalue weighted by Crippen LogP contribution is 2.23. The zero-order chi connectivity index (χ0) is 16.3. The summed E-state index contributed by atoms with van der Waals surface area (Å²) < 4.78 is 0. The number of rotatable bonds is 4. The van der Waals surface area contributed by atoms with Gasteiger partial charge in [0.1, 0.15) is 0 Å². The van der Waals surface area contributed by atoms with Gasteiger partial charge in [0, 0.05) is 25.2 Å². The molecule has 0 bridgehead atoms. The molecule has 0 spiro atoms. The SMILES string of the molecule is Cc1ccc([N+](=O)[O-])cc1NC(=O)CN1C[C@@H](C)C[C@H](C)C1. The van der Waals surface area contributed by atoms with E-state index in [0.29, 0.717) is 24.1 Å². The number of hydrogen-bond acceptors (Lipinski definition) is 4. The largest absolute Gasteiger partial charge is 0.324 e.